The van der Waals surface area contributed by atoms with Gasteiger partial charge in [0.2, 0.25) is 0 Å². The van der Waals surface area contributed by atoms with Crippen molar-refractivity contribution < 1.29 is 0 Å². The van der Waals surface area contributed by atoms with E-state index in [9.17, 15) is 0 Å². The molecule has 0 spiro atoms. The molecule has 2 heterocycles. The molecule has 0 unspecified atom stereocenters. The normalized spacial score (nSPS) is 13.7. The highest BCUT2D eigenvalue weighted by atomic mass is 15.2. The Hall–Kier alpha value is -2.55. The summed E-state index contributed by atoms with van der Waals surface area (Å²) in [4.78, 5) is 6.88. The molecule has 98 valence electrons. The minimum Gasteiger partial charge on any atom is -0.398 e. The first-order valence-electron chi connectivity index (χ1n) is 6.83. The van der Waals surface area contributed by atoms with Crippen molar-refractivity contribution in [2.24, 2.45) is 0 Å². The number of aromatic nitrogens is 1. The summed E-state index contributed by atoms with van der Waals surface area (Å²) in [5.74, 6) is 0. The van der Waals surface area contributed by atoms with Gasteiger partial charge in [0.05, 0.1) is 11.2 Å². The van der Waals surface area contributed by atoms with Crippen LogP contribution in [-0.2, 0) is 6.42 Å². The molecule has 0 radical (unpaired) electrons. The molecular weight excluding hydrogens is 246 g/mol. The third-order valence-corrected chi connectivity index (χ3v) is 3.96. The van der Waals surface area contributed by atoms with Crippen LogP contribution in [0.4, 0.5) is 17.1 Å². The molecule has 0 saturated carbocycles. The second-order valence-corrected chi connectivity index (χ2v) is 5.10. The molecule has 2 N–H and O–H groups in total. The van der Waals surface area contributed by atoms with E-state index in [2.05, 4.69) is 40.2 Å². The first kappa shape index (κ1) is 11.3. The van der Waals surface area contributed by atoms with E-state index in [1.165, 1.54) is 11.3 Å². The average molecular weight is 261 g/mol. The Kier molecular flexibility index (Phi) is 2.39. The van der Waals surface area contributed by atoms with Gasteiger partial charge in [0.25, 0.3) is 0 Å². The van der Waals surface area contributed by atoms with Crippen LogP contribution in [0.25, 0.3) is 10.9 Å². The molecule has 20 heavy (non-hydrogen) atoms. The fourth-order valence-electron chi connectivity index (χ4n) is 2.99. The molecule has 3 heteroatoms. The topological polar surface area (TPSA) is 42.1 Å². The van der Waals surface area contributed by atoms with Crippen molar-refractivity contribution in [2.75, 3.05) is 17.2 Å². The van der Waals surface area contributed by atoms with Crippen LogP contribution in [-0.4, -0.2) is 11.5 Å². The van der Waals surface area contributed by atoms with Crippen molar-refractivity contribution in [2.45, 2.75) is 6.42 Å². The molecule has 0 bridgehead atoms. The van der Waals surface area contributed by atoms with Crippen molar-refractivity contribution in [3.8, 4) is 0 Å². The number of para-hydroxylation sites is 1. The van der Waals surface area contributed by atoms with Crippen LogP contribution in [0.2, 0.25) is 0 Å². The van der Waals surface area contributed by atoms with Gasteiger partial charge < -0.3 is 10.6 Å². The molecule has 1 aromatic heterocycles. The monoisotopic (exact) mass is 261 g/mol. The summed E-state index contributed by atoms with van der Waals surface area (Å²) < 4.78 is 0. The van der Waals surface area contributed by atoms with Crippen molar-refractivity contribution in [1.29, 1.82) is 0 Å². The molecule has 1 aliphatic heterocycles. The van der Waals surface area contributed by atoms with Gasteiger partial charge in [-0.1, -0.05) is 18.2 Å². The molecule has 0 atom stereocenters. The molecule has 0 aliphatic carbocycles. The third kappa shape index (κ3) is 1.56. The number of nitrogen functional groups attached to an aromatic ring is 1. The van der Waals surface area contributed by atoms with Gasteiger partial charge in [-0.3, -0.25) is 4.98 Å². The van der Waals surface area contributed by atoms with E-state index < -0.39 is 0 Å². The number of pyridine rings is 1. The van der Waals surface area contributed by atoms with Crippen LogP contribution >= 0.6 is 0 Å². The lowest BCUT2D eigenvalue weighted by molar-refractivity contribution is 1.00. The third-order valence-electron chi connectivity index (χ3n) is 3.96. The van der Waals surface area contributed by atoms with Gasteiger partial charge in [-0.25, -0.2) is 0 Å². The largest absolute Gasteiger partial charge is 0.398 e. The van der Waals surface area contributed by atoms with E-state index >= 15 is 0 Å². The van der Waals surface area contributed by atoms with Crippen LogP contribution in [0, 0.1) is 0 Å². The smallest absolute Gasteiger partial charge is 0.0959 e. The molecule has 1 aliphatic rings. The molecule has 0 saturated heterocycles. The van der Waals surface area contributed by atoms with Gasteiger partial charge in [-0.05, 0) is 42.3 Å². The highest BCUT2D eigenvalue weighted by Gasteiger charge is 2.21. The Morgan fingerprint density at radius 3 is 2.80 bits per heavy atom. The number of benzene rings is 2. The highest BCUT2D eigenvalue weighted by molar-refractivity contribution is 6.00. The van der Waals surface area contributed by atoms with Gasteiger partial charge in [-0.2, -0.15) is 0 Å². The van der Waals surface area contributed by atoms with Crippen LogP contribution in [0.15, 0.2) is 54.7 Å². The first-order chi connectivity index (χ1) is 9.84. The number of anilines is 3. The summed E-state index contributed by atoms with van der Waals surface area (Å²) in [7, 11) is 0. The predicted molar refractivity (Wildman–Crippen MR) is 83.3 cm³/mol. The summed E-state index contributed by atoms with van der Waals surface area (Å²) in [6, 6.07) is 16.6. The Morgan fingerprint density at radius 2 is 1.85 bits per heavy atom. The molecule has 4 rings (SSSR count). The number of hydrogen-bond acceptors (Lipinski definition) is 3. The van der Waals surface area contributed by atoms with Gasteiger partial charge in [0.15, 0.2) is 0 Å². The summed E-state index contributed by atoms with van der Waals surface area (Å²) in [5, 5.41) is 1.02. The summed E-state index contributed by atoms with van der Waals surface area (Å²) in [5.41, 5.74) is 11.6. The maximum absolute atomic E-state index is 6.06. The molecule has 2 aromatic carbocycles. The van der Waals surface area contributed by atoms with E-state index in [-0.39, 0.29) is 0 Å². The zero-order valence-corrected chi connectivity index (χ0v) is 11.1. The van der Waals surface area contributed by atoms with Crippen molar-refractivity contribution in [1.82, 2.24) is 4.98 Å². The fourth-order valence-corrected chi connectivity index (χ4v) is 2.99. The summed E-state index contributed by atoms with van der Waals surface area (Å²) in [6.45, 7) is 0.995. The van der Waals surface area contributed by atoms with E-state index in [1.54, 1.807) is 0 Å². The van der Waals surface area contributed by atoms with Crippen molar-refractivity contribution >= 4 is 28.0 Å². The van der Waals surface area contributed by atoms with Gasteiger partial charge in [0.1, 0.15) is 0 Å². The Balaban J connectivity index is 1.95. The lowest BCUT2D eigenvalue weighted by Gasteiger charge is -2.21. The van der Waals surface area contributed by atoms with E-state index in [1.807, 2.05) is 24.4 Å². The molecule has 3 nitrogen and oxygen atoms in total. The lowest BCUT2D eigenvalue weighted by Crippen LogP contribution is -2.14. The standard InChI is InChI=1S/C17H15N3/c18-14-7-8-16(17-13(14)5-3-10-19-17)20-11-9-12-4-1-2-6-15(12)20/h1-8,10H,9,11,18H2. The number of nitrogens with two attached hydrogens (primary N) is 1. The van der Waals surface area contributed by atoms with Gasteiger partial charge in [-0.15, -0.1) is 0 Å². The van der Waals surface area contributed by atoms with Crippen molar-refractivity contribution in [3.63, 3.8) is 0 Å². The second kappa shape index (κ2) is 4.23. The van der Waals surface area contributed by atoms with E-state index in [0.717, 1.165) is 35.2 Å². The Bertz CT molecular complexity index is 795. The second-order valence-electron chi connectivity index (χ2n) is 5.10. The minimum absolute atomic E-state index is 0.782. The maximum Gasteiger partial charge on any atom is 0.0959 e. The SMILES string of the molecule is Nc1ccc(N2CCc3ccccc32)c2ncccc12. The van der Waals surface area contributed by atoms with Crippen LogP contribution in [0.3, 0.4) is 0 Å². The van der Waals surface area contributed by atoms with Crippen LogP contribution in [0.5, 0.6) is 0 Å². The van der Waals surface area contributed by atoms with E-state index in [0.29, 0.717) is 0 Å². The quantitative estimate of drug-likeness (QED) is 0.682. The predicted octanol–water partition coefficient (Wildman–Crippen LogP) is 3.51. The zero-order chi connectivity index (χ0) is 13.5. The number of hydrogen-bond donors (Lipinski definition) is 1. The first-order valence-corrected chi connectivity index (χ1v) is 6.83. The number of nitrogens with zero attached hydrogens (tertiary/aromatic N) is 2. The molecular formula is C17H15N3. The molecule has 0 fully saturated rings. The van der Waals surface area contributed by atoms with Crippen LogP contribution in [0.1, 0.15) is 5.56 Å². The molecule has 0 amide bonds. The highest BCUT2D eigenvalue weighted by Crippen LogP contribution is 2.38. The lowest BCUT2D eigenvalue weighted by atomic mass is 10.1. The van der Waals surface area contributed by atoms with E-state index in [4.69, 9.17) is 5.73 Å². The Morgan fingerprint density at radius 1 is 0.950 bits per heavy atom. The Labute approximate surface area is 117 Å². The average Bonchev–Trinajstić information content (AvgIpc) is 2.92. The fraction of sp³-hybridized carbons (Fsp3) is 0.118. The van der Waals surface area contributed by atoms with Gasteiger partial charge >= 0.3 is 0 Å². The number of rotatable bonds is 1. The zero-order valence-electron chi connectivity index (χ0n) is 11.1. The maximum atomic E-state index is 6.06. The van der Waals surface area contributed by atoms with Crippen molar-refractivity contribution in [3.05, 3.63) is 60.3 Å². The summed E-state index contributed by atoms with van der Waals surface area (Å²) >= 11 is 0. The molecule has 3 aromatic rings. The number of fused-ring (bicyclic) bond motifs is 2. The van der Waals surface area contributed by atoms with Crippen LogP contribution < -0.4 is 10.6 Å². The summed E-state index contributed by atoms with van der Waals surface area (Å²) in [6.07, 6.45) is 2.90. The van der Waals surface area contributed by atoms with Gasteiger partial charge in [0, 0.05) is 29.5 Å². The minimum atomic E-state index is 0.782.